The first-order chi connectivity index (χ1) is 9.10. The molecule has 100 valence electrons. The topological polar surface area (TPSA) is 53.6 Å². The summed E-state index contributed by atoms with van der Waals surface area (Å²) in [6.07, 6.45) is 0. The number of urea groups is 1. The Morgan fingerprint density at radius 1 is 1.21 bits per heavy atom. The number of hydrazine groups is 1. The SMILES string of the molecule is COc1ccc2cccc(NC(=O)NN(C)C)c2c1. The van der Waals surface area contributed by atoms with Gasteiger partial charge in [0.1, 0.15) is 5.75 Å². The van der Waals surface area contributed by atoms with Crippen LogP contribution in [0.15, 0.2) is 36.4 Å². The predicted octanol–water partition coefficient (Wildman–Crippen LogP) is 2.45. The zero-order chi connectivity index (χ0) is 13.8. The van der Waals surface area contributed by atoms with E-state index in [9.17, 15) is 4.79 Å². The van der Waals surface area contributed by atoms with Gasteiger partial charge in [0.2, 0.25) is 0 Å². The number of fused-ring (bicyclic) bond motifs is 1. The van der Waals surface area contributed by atoms with Crippen molar-refractivity contribution in [2.24, 2.45) is 0 Å². The highest BCUT2D eigenvalue weighted by molar-refractivity contribution is 6.01. The fraction of sp³-hybridized carbons (Fsp3) is 0.214. The number of amides is 2. The van der Waals surface area contributed by atoms with Crippen LogP contribution >= 0.6 is 0 Å². The Kier molecular flexibility index (Phi) is 3.87. The van der Waals surface area contributed by atoms with Crippen molar-refractivity contribution in [3.8, 4) is 5.75 Å². The summed E-state index contributed by atoms with van der Waals surface area (Å²) in [5, 5.41) is 6.39. The highest BCUT2D eigenvalue weighted by Crippen LogP contribution is 2.27. The van der Waals surface area contributed by atoms with Crippen molar-refractivity contribution in [3.05, 3.63) is 36.4 Å². The molecule has 0 atom stereocenters. The molecule has 0 saturated heterocycles. The minimum atomic E-state index is -0.277. The Bertz CT molecular complexity index is 596. The van der Waals surface area contributed by atoms with Gasteiger partial charge in [-0.1, -0.05) is 18.2 Å². The molecule has 0 aromatic heterocycles. The minimum absolute atomic E-state index is 0.277. The predicted molar refractivity (Wildman–Crippen MR) is 76.3 cm³/mol. The highest BCUT2D eigenvalue weighted by Gasteiger charge is 2.06. The molecule has 0 spiro atoms. The Morgan fingerprint density at radius 3 is 2.68 bits per heavy atom. The molecule has 0 fully saturated rings. The number of methoxy groups -OCH3 is 1. The molecule has 0 unspecified atom stereocenters. The first kappa shape index (κ1) is 13.2. The number of carbonyl (C=O) groups is 1. The molecule has 0 aliphatic heterocycles. The fourth-order valence-electron chi connectivity index (χ4n) is 1.84. The van der Waals surface area contributed by atoms with Crippen LogP contribution in [0.5, 0.6) is 5.75 Å². The van der Waals surface area contributed by atoms with Crippen LogP contribution in [0.1, 0.15) is 0 Å². The summed E-state index contributed by atoms with van der Waals surface area (Å²) >= 11 is 0. The molecular formula is C14H17N3O2. The third kappa shape index (κ3) is 3.14. The van der Waals surface area contributed by atoms with Gasteiger partial charge in [-0.3, -0.25) is 5.43 Å². The Hall–Kier alpha value is -2.27. The molecule has 0 radical (unpaired) electrons. The third-order valence-electron chi connectivity index (χ3n) is 2.66. The van der Waals surface area contributed by atoms with Crippen LogP contribution in [0.3, 0.4) is 0 Å². The van der Waals surface area contributed by atoms with Gasteiger partial charge in [-0.2, -0.15) is 0 Å². The van der Waals surface area contributed by atoms with E-state index in [4.69, 9.17) is 4.74 Å². The summed E-state index contributed by atoms with van der Waals surface area (Å²) in [5.74, 6) is 0.759. The van der Waals surface area contributed by atoms with E-state index < -0.39 is 0 Å². The minimum Gasteiger partial charge on any atom is -0.497 e. The maximum absolute atomic E-state index is 11.7. The second kappa shape index (κ2) is 5.58. The van der Waals surface area contributed by atoms with Crippen LogP contribution in [0.25, 0.3) is 10.8 Å². The van der Waals surface area contributed by atoms with Gasteiger partial charge in [0.15, 0.2) is 0 Å². The second-order valence-corrected chi connectivity index (χ2v) is 4.35. The van der Waals surface area contributed by atoms with Crippen molar-refractivity contribution in [3.63, 3.8) is 0 Å². The van der Waals surface area contributed by atoms with Gasteiger partial charge in [0, 0.05) is 19.5 Å². The van der Waals surface area contributed by atoms with Crippen LogP contribution in [0, 0.1) is 0 Å². The van der Waals surface area contributed by atoms with Crippen molar-refractivity contribution in [2.45, 2.75) is 0 Å². The van der Waals surface area contributed by atoms with Crippen LogP contribution < -0.4 is 15.5 Å². The first-order valence-electron chi connectivity index (χ1n) is 5.92. The van der Waals surface area contributed by atoms with Crippen molar-refractivity contribution >= 4 is 22.5 Å². The van der Waals surface area contributed by atoms with Crippen molar-refractivity contribution in [2.75, 3.05) is 26.5 Å². The number of anilines is 1. The first-order valence-corrected chi connectivity index (χ1v) is 5.92. The smallest absolute Gasteiger partial charge is 0.333 e. The largest absolute Gasteiger partial charge is 0.497 e. The number of nitrogens with zero attached hydrogens (tertiary/aromatic N) is 1. The average Bonchev–Trinajstić information content (AvgIpc) is 2.37. The van der Waals surface area contributed by atoms with E-state index in [1.165, 1.54) is 0 Å². The average molecular weight is 259 g/mol. The monoisotopic (exact) mass is 259 g/mol. The van der Waals surface area contributed by atoms with Gasteiger partial charge in [0.25, 0.3) is 0 Å². The van der Waals surface area contributed by atoms with Crippen LogP contribution in [0.4, 0.5) is 10.5 Å². The Labute approximate surface area is 112 Å². The molecule has 5 nitrogen and oxygen atoms in total. The molecule has 0 saturated carbocycles. The zero-order valence-corrected chi connectivity index (χ0v) is 11.2. The summed E-state index contributed by atoms with van der Waals surface area (Å²) in [6.45, 7) is 0. The highest BCUT2D eigenvalue weighted by atomic mass is 16.5. The van der Waals surface area contributed by atoms with Gasteiger partial charge in [-0.15, -0.1) is 0 Å². The number of carbonyl (C=O) groups excluding carboxylic acids is 1. The Balaban J connectivity index is 2.34. The van der Waals surface area contributed by atoms with Crippen molar-refractivity contribution in [1.82, 2.24) is 10.4 Å². The lowest BCUT2D eigenvalue weighted by molar-refractivity contribution is 0.224. The van der Waals surface area contributed by atoms with E-state index in [-0.39, 0.29) is 6.03 Å². The summed E-state index contributed by atoms with van der Waals surface area (Å²) in [6, 6.07) is 11.2. The molecule has 5 heteroatoms. The summed E-state index contributed by atoms with van der Waals surface area (Å²) < 4.78 is 5.21. The van der Waals surface area contributed by atoms with Gasteiger partial charge in [0.05, 0.1) is 12.8 Å². The van der Waals surface area contributed by atoms with E-state index in [1.54, 1.807) is 26.2 Å². The second-order valence-electron chi connectivity index (χ2n) is 4.35. The third-order valence-corrected chi connectivity index (χ3v) is 2.66. The van der Waals surface area contributed by atoms with Crippen molar-refractivity contribution in [1.29, 1.82) is 0 Å². The number of rotatable bonds is 3. The molecule has 19 heavy (non-hydrogen) atoms. The number of benzene rings is 2. The molecule has 2 amide bonds. The van der Waals surface area contributed by atoms with E-state index in [0.717, 1.165) is 22.2 Å². The molecule has 0 heterocycles. The molecule has 2 aromatic carbocycles. The number of ether oxygens (including phenoxy) is 1. The van der Waals surface area contributed by atoms with E-state index >= 15 is 0 Å². The number of nitrogens with one attached hydrogen (secondary N) is 2. The van der Waals surface area contributed by atoms with Crippen molar-refractivity contribution < 1.29 is 9.53 Å². The normalized spacial score (nSPS) is 10.5. The molecule has 0 bridgehead atoms. The standard InChI is InChI=1S/C14H17N3O2/c1-17(2)16-14(18)15-13-6-4-5-10-7-8-11(19-3)9-12(10)13/h4-9H,1-3H3,(H2,15,16,18). The summed E-state index contributed by atoms with van der Waals surface area (Å²) in [7, 11) is 5.13. The van der Waals surface area contributed by atoms with E-state index in [0.29, 0.717) is 0 Å². The molecule has 2 aromatic rings. The molecule has 2 rings (SSSR count). The van der Waals surface area contributed by atoms with Gasteiger partial charge in [-0.05, 0) is 23.6 Å². The lowest BCUT2D eigenvalue weighted by atomic mass is 10.1. The van der Waals surface area contributed by atoms with Crippen LogP contribution in [0.2, 0.25) is 0 Å². The number of hydrogen-bond acceptors (Lipinski definition) is 3. The quantitative estimate of drug-likeness (QED) is 0.832. The van der Waals surface area contributed by atoms with E-state index in [2.05, 4.69) is 10.7 Å². The molecule has 0 aliphatic carbocycles. The number of hydrogen-bond donors (Lipinski definition) is 2. The lowest BCUT2D eigenvalue weighted by Crippen LogP contribution is -2.39. The van der Waals surface area contributed by atoms with Gasteiger partial charge in [-0.25, -0.2) is 9.80 Å². The maximum atomic E-state index is 11.7. The zero-order valence-electron chi connectivity index (χ0n) is 11.2. The fourth-order valence-corrected chi connectivity index (χ4v) is 1.84. The molecular weight excluding hydrogens is 242 g/mol. The lowest BCUT2D eigenvalue weighted by Gasteiger charge is -2.14. The molecule has 0 aliphatic rings. The van der Waals surface area contributed by atoms with E-state index in [1.807, 2.05) is 36.4 Å². The Morgan fingerprint density at radius 2 is 2.00 bits per heavy atom. The molecule has 2 N–H and O–H groups in total. The van der Waals surface area contributed by atoms with Gasteiger partial charge >= 0.3 is 6.03 Å². The van der Waals surface area contributed by atoms with Crippen LogP contribution in [-0.4, -0.2) is 32.2 Å². The van der Waals surface area contributed by atoms with Crippen LogP contribution in [-0.2, 0) is 0 Å². The summed E-state index contributed by atoms with van der Waals surface area (Å²) in [5.41, 5.74) is 3.38. The maximum Gasteiger partial charge on any atom is 0.333 e. The summed E-state index contributed by atoms with van der Waals surface area (Å²) in [4.78, 5) is 11.7. The van der Waals surface area contributed by atoms with Gasteiger partial charge < -0.3 is 10.1 Å².